The molecule has 0 spiro atoms. The molecule has 2 rings (SSSR count). The zero-order valence-corrected chi connectivity index (χ0v) is 13.4. The summed E-state index contributed by atoms with van der Waals surface area (Å²) in [6.07, 6.45) is 3.67. The third-order valence-electron chi connectivity index (χ3n) is 3.19. The van der Waals surface area contributed by atoms with Crippen LogP contribution in [-0.2, 0) is 6.54 Å². The van der Waals surface area contributed by atoms with Crippen LogP contribution in [0.1, 0.15) is 51.1 Å². The van der Waals surface area contributed by atoms with Crippen molar-refractivity contribution in [3.63, 3.8) is 0 Å². The number of nitrogens with two attached hydrogens (primary N) is 1. The SMILES string of the molecule is CCCCOc1nc(C(C)C)nc(NCc2ccco2)c1N. The number of hydrogen-bond acceptors (Lipinski definition) is 6. The van der Waals surface area contributed by atoms with Gasteiger partial charge < -0.3 is 20.2 Å². The Morgan fingerprint density at radius 3 is 2.82 bits per heavy atom. The van der Waals surface area contributed by atoms with Gasteiger partial charge in [0, 0.05) is 5.92 Å². The highest BCUT2D eigenvalue weighted by molar-refractivity contribution is 5.67. The van der Waals surface area contributed by atoms with Crippen molar-refractivity contribution in [2.45, 2.75) is 46.1 Å². The number of nitrogens with one attached hydrogen (secondary N) is 1. The summed E-state index contributed by atoms with van der Waals surface area (Å²) < 4.78 is 11.0. The summed E-state index contributed by atoms with van der Waals surface area (Å²) in [5.41, 5.74) is 6.57. The van der Waals surface area contributed by atoms with Gasteiger partial charge in [0.15, 0.2) is 5.82 Å². The van der Waals surface area contributed by atoms with Crippen LogP contribution in [0.15, 0.2) is 22.8 Å². The number of unbranched alkanes of at least 4 members (excludes halogenated alkanes) is 1. The molecule has 6 nitrogen and oxygen atoms in total. The van der Waals surface area contributed by atoms with Gasteiger partial charge in [-0.1, -0.05) is 27.2 Å². The van der Waals surface area contributed by atoms with Crippen LogP contribution in [0, 0.1) is 0 Å². The minimum absolute atomic E-state index is 0.193. The molecule has 0 saturated heterocycles. The number of furan rings is 1. The first-order valence-corrected chi connectivity index (χ1v) is 7.68. The lowest BCUT2D eigenvalue weighted by Crippen LogP contribution is -2.12. The van der Waals surface area contributed by atoms with E-state index in [1.54, 1.807) is 6.26 Å². The van der Waals surface area contributed by atoms with Gasteiger partial charge in [0.2, 0.25) is 5.88 Å². The highest BCUT2D eigenvalue weighted by Crippen LogP contribution is 2.28. The van der Waals surface area contributed by atoms with E-state index in [0.29, 0.717) is 36.4 Å². The number of nitrogen functional groups attached to an aromatic ring is 1. The van der Waals surface area contributed by atoms with Gasteiger partial charge in [0.25, 0.3) is 0 Å². The topological polar surface area (TPSA) is 86.2 Å². The molecule has 0 aromatic carbocycles. The van der Waals surface area contributed by atoms with Crippen molar-refractivity contribution >= 4 is 11.5 Å². The first-order valence-electron chi connectivity index (χ1n) is 7.68. The lowest BCUT2D eigenvalue weighted by Gasteiger charge is -2.15. The third kappa shape index (κ3) is 4.13. The molecule has 0 aliphatic heterocycles. The Bertz CT molecular complexity index is 582. The number of aromatic nitrogens is 2. The molecule has 0 radical (unpaired) electrons. The average Bonchev–Trinajstić information content (AvgIpc) is 3.01. The maximum absolute atomic E-state index is 6.13. The molecule has 2 aromatic heterocycles. The molecule has 0 bridgehead atoms. The molecule has 3 N–H and O–H groups in total. The molecule has 0 aliphatic carbocycles. The van der Waals surface area contributed by atoms with Crippen molar-refractivity contribution in [1.82, 2.24) is 9.97 Å². The van der Waals surface area contributed by atoms with E-state index in [9.17, 15) is 0 Å². The lowest BCUT2D eigenvalue weighted by molar-refractivity contribution is 0.298. The van der Waals surface area contributed by atoms with Gasteiger partial charge >= 0.3 is 0 Å². The van der Waals surface area contributed by atoms with Crippen LogP contribution in [0.5, 0.6) is 5.88 Å². The molecule has 2 heterocycles. The first-order chi connectivity index (χ1) is 10.6. The summed E-state index contributed by atoms with van der Waals surface area (Å²) in [6, 6.07) is 3.74. The standard InChI is InChI=1S/C16H24N4O2/c1-4-5-8-22-16-13(17)15(19-14(20-16)11(2)3)18-10-12-7-6-9-21-12/h6-7,9,11H,4-5,8,10,17H2,1-3H3,(H,18,19,20). The number of ether oxygens (including phenoxy) is 1. The van der Waals surface area contributed by atoms with Crippen molar-refractivity contribution in [3.8, 4) is 5.88 Å². The zero-order valence-electron chi connectivity index (χ0n) is 13.4. The van der Waals surface area contributed by atoms with Crippen LogP contribution in [0.3, 0.4) is 0 Å². The van der Waals surface area contributed by atoms with Gasteiger partial charge in [-0.25, -0.2) is 4.98 Å². The summed E-state index contributed by atoms with van der Waals surface area (Å²) >= 11 is 0. The molecule has 0 unspecified atom stereocenters. The second-order valence-electron chi connectivity index (χ2n) is 5.44. The molecule has 0 atom stereocenters. The number of rotatable bonds is 8. The Balaban J connectivity index is 2.18. The highest BCUT2D eigenvalue weighted by Gasteiger charge is 2.15. The van der Waals surface area contributed by atoms with Gasteiger partial charge in [-0.05, 0) is 18.6 Å². The van der Waals surface area contributed by atoms with Crippen molar-refractivity contribution in [2.75, 3.05) is 17.7 Å². The van der Waals surface area contributed by atoms with Gasteiger partial charge in [-0.3, -0.25) is 0 Å². The van der Waals surface area contributed by atoms with Gasteiger partial charge in [0.1, 0.15) is 17.3 Å². The van der Waals surface area contributed by atoms with Crippen LogP contribution < -0.4 is 15.8 Å². The fourth-order valence-electron chi connectivity index (χ4n) is 1.87. The molecule has 22 heavy (non-hydrogen) atoms. The summed E-state index contributed by atoms with van der Waals surface area (Å²) in [4.78, 5) is 8.92. The minimum atomic E-state index is 0.193. The Labute approximate surface area is 131 Å². The number of hydrogen-bond donors (Lipinski definition) is 2. The Morgan fingerprint density at radius 2 is 2.18 bits per heavy atom. The predicted octanol–water partition coefficient (Wildman–Crippen LogP) is 3.57. The van der Waals surface area contributed by atoms with Crippen LogP contribution in [0.2, 0.25) is 0 Å². The molecule has 120 valence electrons. The van der Waals surface area contributed by atoms with E-state index < -0.39 is 0 Å². The highest BCUT2D eigenvalue weighted by atomic mass is 16.5. The molecule has 0 fully saturated rings. The van der Waals surface area contributed by atoms with Crippen LogP contribution >= 0.6 is 0 Å². The van der Waals surface area contributed by atoms with E-state index in [2.05, 4.69) is 22.2 Å². The largest absolute Gasteiger partial charge is 0.476 e. The van der Waals surface area contributed by atoms with E-state index in [-0.39, 0.29) is 5.92 Å². The summed E-state index contributed by atoms with van der Waals surface area (Å²) in [6.45, 7) is 7.31. The Morgan fingerprint density at radius 1 is 1.36 bits per heavy atom. The third-order valence-corrected chi connectivity index (χ3v) is 3.19. The normalized spacial score (nSPS) is 10.9. The van der Waals surface area contributed by atoms with Crippen LogP contribution in [-0.4, -0.2) is 16.6 Å². The van der Waals surface area contributed by atoms with Crippen molar-refractivity contribution < 1.29 is 9.15 Å². The van der Waals surface area contributed by atoms with Gasteiger partial charge in [-0.15, -0.1) is 0 Å². The monoisotopic (exact) mass is 304 g/mol. The fraction of sp³-hybridized carbons (Fsp3) is 0.500. The first kappa shape index (κ1) is 16.1. The van der Waals surface area contributed by atoms with Crippen LogP contribution in [0.25, 0.3) is 0 Å². The molecular formula is C16H24N4O2. The Kier molecular flexibility index (Phi) is 5.63. The van der Waals surface area contributed by atoms with Crippen molar-refractivity contribution in [1.29, 1.82) is 0 Å². The number of anilines is 2. The van der Waals surface area contributed by atoms with E-state index >= 15 is 0 Å². The zero-order chi connectivity index (χ0) is 15.9. The lowest BCUT2D eigenvalue weighted by atomic mass is 10.2. The van der Waals surface area contributed by atoms with Crippen molar-refractivity contribution in [2.24, 2.45) is 0 Å². The van der Waals surface area contributed by atoms with E-state index in [4.69, 9.17) is 14.9 Å². The second kappa shape index (κ2) is 7.68. The fourth-order valence-corrected chi connectivity index (χ4v) is 1.87. The van der Waals surface area contributed by atoms with Crippen molar-refractivity contribution in [3.05, 3.63) is 30.0 Å². The molecule has 2 aromatic rings. The van der Waals surface area contributed by atoms with Gasteiger partial charge in [0.05, 0.1) is 19.4 Å². The van der Waals surface area contributed by atoms with E-state index in [1.807, 2.05) is 26.0 Å². The molecular weight excluding hydrogens is 280 g/mol. The smallest absolute Gasteiger partial charge is 0.242 e. The Hall–Kier alpha value is -2.24. The minimum Gasteiger partial charge on any atom is -0.476 e. The van der Waals surface area contributed by atoms with Crippen LogP contribution in [0.4, 0.5) is 11.5 Å². The summed E-state index contributed by atoms with van der Waals surface area (Å²) in [5, 5.41) is 3.19. The van der Waals surface area contributed by atoms with E-state index in [1.165, 1.54) is 0 Å². The molecule has 0 saturated carbocycles. The summed E-state index contributed by atoms with van der Waals surface area (Å²) in [7, 11) is 0. The average molecular weight is 304 g/mol. The summed E-state index contributed by atoms with van der Waals surface area (Å²) in [5.74, 6) is 2.76. The molecule has 0 aliphatic rings. The van der Waals surface area contributed by atoms with E-state index in [0.717, 1.165) is 18.6 Å². The molecule has 6 heteroatoms. The second-order valence-corrected chi connectivity index (χ2v) is 5.44. The van der Waals surface area contributed by atoms with Gasteiger partial charge in [-0.2, -0.15) is 4.98 Å². The molecule has 0 amide bonds. The predicted molar refractivity (Wildman–Crippen MR) is 87.0 cm³/mol. The maximum Gasteiger partial charge on any atom is 0.242 e. The quantitative estimate of drug-likeness (QED) is 0.725. The number of nitrogens with zero attached hydrogens (tertiary/aromatic N) is 2. The maximum atomic E-state index is 6.13.